The van der Waals surface area contributed by atoms with Gasteiger partial charge in [0.05, 0.1) is 5.69 Å². The van der Waals surface area contributed by atoms with Gasteiger partial charge in [0.2, 0.25) is 5.91 Å². The van der Waals surface area contributed by atoms with Crippen LogP contribution in [0.3, 0.4) is 0 Å². The maximum absolute atomic E-state index is 12.4. The van der Waals surface area contributed by atoms with Crippen molar-refractivity contribution in [1.82, 2.24) is 14.9 Å². The largest absolute Gasteiger partial charge is 0.353 e. The number of rotatable bonds is 2. The molecule has 3 rings (SSSR count). The van der Waals surface area contributed by atoms with Crippen LogP contribution in [-0.2, 0) is 4.79 Å². The van der Waals surface area contributed by atoms with Crippen molar-refractivity contribution in [3.8, 4) is 11.3 Å². The highest BCUT2D eigenvalue weighted by molar-refractivity contribution is 5.81. The molecule has 1 aromatic heterocycles. The van der Waals surface area contributed by atoms with E-state index in [-0.39, 0.29) is 11.3 Å². The van der Waals surface area contributed by atoms with E-state index in [1.165, 1.54) is 0 Å². The van der Waals surface area contributed by atoms with Crippen LogP contribution in [0, 0.1) is 5.41 Å². The summed E-state index contributed by atoms with van der Waals surface area (Å²) in [5.74, 6) is 1.14. The summed E-state index contributed by atoms with van der Waals surface area (Å²) in [5, 5.41) is 0. The molecular weight excluding hydrogens is 300 g/mol. The Hall–Kier alpha value is -2.43. The molecule has 1 aliphatic heterocycles. The zero-order valence-electron chi connectivity index (χ0n) is 14.6. The first kappa shape index (κ1) is 16.4. The first-order valence-electron chi connectivity index (χ1n) is 8.37. The summed E-state index contributed by atoms with van der Waals surface area (Å²) >= 11 is 0. The van der Waals surface area contributed by atoms with Crippen molar-refractivity contribution in [2.75, 3.05) is 31.1 Å². The van der Waals surface area contributed by atoms with Gasteiger partial charge in [-0.25, -0.2) is 9.97 Å². The molecule has 5 nitrogen and oxygen atoms in total. The van der Waals surface area contributed by atoms with Crippen molar-refractivity contribution in [3.63, 3.8) is 0 Å². The Morgan fingerprint density at radius 3 is 2.29 bits per heavy atom. The van der Waals surface area contributed by atoms with Gasteiger partial charge in [0, 0.05) is 43.2 Å². The molecule has 1 aromatic carbocycles. The lowest BCUT2D eigenvalue weighted by atomic mass is 9.94. The molecule has 0 unspecified atom stereocenters. The summed E-state index contributed by atoms with van der Waals surface area (Å²) < 4.78 is 0. The van der Waals surface area contributed by atoms with Crippen LogP contribution >= 0.6 is 0 Å². The lowest BCUT2D eigenvalue weighted by molar-refractivity contribution is -0.139. The number of amides is 1. The van der Waals surface area contributed by atoms with Gasteiger partial charge >= 0.3 is 0 Å². The molecule has 0 spiro atoms. The van der Waals surface area contributed by atoms with Crippen molar-refractivity contribution in [1.29, 1.82) is 0 Å². The van der Waals surface area contributed by atoms with E-state index in [9.17, 15) is 4.79 Å². The quantitative estimate of drug-likeness (QED) is 0.852. The fourth-order valence-corrected chi connectivity index (χ4v) is 2.90. The molecule has 2 aromatic rings. The molecule has 0 bridgehead atoms. The number of anilines is 1. The predicted octanol–water partition coefficient (Wildman–Crippen LogP) is 2.84. The molecule has 1 saturated heterocycles. The molecule has 0 radical (unpaired) electrons. The summed E-state index contributed by atoms with van der Waals surface area (Å²) in [4.78, 5) is 25.4. The second kappa shape index (κ2) is 6.59. The third-order valence-electron chi connectivity index (χ3n) is 4.25. The summed E-state index contributed by atoms with van der Waals surface area (Å²) in [7, 11) is 0. The van der Waals surface area contributed by atoms with Gasteiger partial charge in [0.25, 0.3) is 0 Å². The van der Waals surface area contributed by atoms with E-state index in [2.05, 4.69) is 14.9 Å². The van der Waals surface area contributed by atoms with Gasteiger partial charge in [-0.2, -0.15) is 0 Å². The van der Waals surface area contributed by atoms with Gasteiger partial charge in [-0.15, -0.1) is 0 Å². The lowest BCUT2D eigenvalue weighted by Gasteiger charge is -2.38. The van der Waals surface area contributed by atoms with Crippen LogP contribution in [-0.4, -0.2) is 47.0 Å². The number of hydrogen-bond donors (Lipinski definition) is 0. The van der Waals surface area contributed by atoms with Crippen molar-refractivity contribution in [3.05, 3.63) is 42.7 Å². The van der Waals surface area contributed by atoms with Crippen molar-refractivity contribution >= 4 is 11.7 Å². The van der Waals surface area contributed by atoms with Gasteiger partial charge in [-0.05, 0) is 0 Å². The molecule has 1 aliphatic rings. The number of aromatic nitrogens is 2. The van der Waals surface area contributed by atoms with Crippen LogP contribution in [0.25, 0.3) is 11.3 Å². The Morgan fingerprint density at radius 1 is 1.00 bits per heavy atom. The fourth-order valence-electron chi connectivity index (χ4n) is 2.90. The van der Waals surface area contributed by atoms with E-state index in [1.54, 1.807) is 6.33 Å². The molecule has 0 N–H and O–H groups in total. The van der Waals surface area contributed by atoms with Gasteiger partial charge in [0.1, 0.15) is 12.1 Å². The number of nitrogens with zero attached hydrogens (tertiary/aromatic N) is 4. The highest BCUT2D eigenvalue weighted by atomic mass is 16.2. The van der Waals surface area contributed by atoms with Gasteiger partial charge in [0.15, 0.2) is 0 Å². The van der Waals surface area contributed by atoms with Gasteiger partial charge in [-0.1, -0.05) is 51.1 Å². The average Bonchev–Trinajstić information content (AvgIpc) is 2.61. The van der Waals surface area contributed by atoms with Gasteiger partial charge in [-0.3, -0.25) is 4.79 Å². The molecule has 5 heteroatoms. The van der Waals surface area contributed by atoms with Crippen molar-refractivity contribution in [2.24, 2.45) is 5.41 Å². The third-order valence-corrected chi connectivity index (χ3v) is 4.25. The number of benzene rings is 1. The normalized spacial score (nSPS) is 15.5. The molecule has 126 valence electrons. The SMILES string of the molecule is CC(C)(C)C(=O)N1CCN(c2cc(-c3ccccc3)ncn2)CC1. The van der Waals surface area contributed by atoms with E-state index >= 15 is 0 Å². The minimum absolute atomic E-state index is 0.217. The molecule has 1 fully saturated rings. The minimum Gasteiger partial charge on any atom is -0.353 e. The summed E-state index contributed by atoms with van der Waals surface area (Å²) in [6.07, 6.45) is 1.62. The summed E-state index contributed by atoms with van der Waals surface area (Å²) in [5.41, 5.74) is 1.69. The van der Waals surface area contributed by atoms with E-state index in [0.717, 1.165) is 43.3 Å². The molecule has 0 atom stereocenters. The van der Waals surface area contributed by atoms with E-state index in [0.29, 0.717) is 0 Å². The zero-order valence-corrected chi connectivity index (χ0v) is 14.6. The van der Waals surface area contributed by atoms with Crippen molar-refractivity contribution in [2.45, 2.75) is 20.8 Å². The Morgan fingerprint density at radius 2 is 1.67 bits per heavy atom. The smallest absolute Gasteiger partial charge is 0.228 e. The Kier molecular flexibility index (Phi) is 4.51. The van der Waals surface area contributed by atoms with Crippen LogP contribution in [0.1, 0.15) is 20.8 Å². The third kappa shape index (κ3) is 3.55. The minimum atomic E-state index is -0.322. The second-order valence-electron chi connectivity index (χ2n) is 7.16. The first-order valence-corrected chi connectivity index (χ1v) is 8.37. The first-order chi connectivity index (χ1) is 11.4. The second-order valence-corrected chi connectivity index (χ2v) is 7.16. The van der Waals surface area contributed by atoms with Crippen LogP contribution in [0.4, 0.5) is 5.82 Å². The van der Waals surface area contributed by atoms with Gasteiger partial charge < -0.3 is 9.80 Å². The highest BCUT2D eigenvalue weighted by Gasteiger charge is 2.30. The predicted molar refractivity (Wildman–Crippen MR) is 95.7 cm³/mol. The van der Waals surface area contributed by atoms with Crippen LogP contribution in [0.5, 0.6) is 0 Å². The molecule has 2 heterocycles. The Labute approximate surface area is 143 Å². The molecule has 0 aliphatic carbocycles. The van der Waals surface area contributed by atoms with E-state index < -0.39 is 0 Å². The number of piperazine rings is 1. The average molecular weight is 324 g/mol. The standard InChI is InChI=1S/C19H24N4O/c1-19(2,3)18(24)23-11-9-22(10-12-23)17-13-16(20-14-21-17)15-7-5-4-6-8-15/h4-8,13-14H,9-12H2,1-3H3. The monoisotopic (exact) mass is 324 g/mol. The molecule has 1 amide bonds. The molecular formula is C19H24N4O. The summed E-state index contributed by atoms with van der Waals surface area (Å²) in [6, 6.07) is 12.1. The number of carbonyl (C=O) groups excluding carboxylic acids is 1. The zero-order chi connectivity index (χ0) is 17.2. The highest BCUT2D eigenvalue weighted by Crippen LogP contribution is 2.23. The lowest BCUT2D eigenvalue weighted by Crippen LogP contribution is -2.51. The molecule has 24 heavy (non-hydrogen) atoms. The summed E-state index contributed by atoms with van der Waals surface area (Å²) in [6.45, 7) is 8.98. The maximum Gasteiger partial charge on any atom is 0.228 e. The number of carbonyl (C=O) groups is 1. The number of hydrogen-bond acceptors (Lipinski definition) is 4. The van der Waals surface area contributed by atoms with E-state index in [4.69, 9.17) is 0 Å². The maximum atomic E-state index is 12.4. The molecule has 0 saturated carbocycles. The van der Waals surface area contributed by atoms with Crippen molar-refractivity contribution < 1.29 is 4.79 Å². The van der Waals surface area contributed by atoms with E-state index in [1.807, 2.05) is 62.1 Å². The Bertz CT molecular complexity index is 701. The van der Waals surface area contributed by atoms with Crippen LogP contribution < -0.4 is 4.90 Å². The fraction of sp³-hybridized carbons (Fsp3) is 0.421. The Balaban J connectivity index is 1.70. The van der Waals surface area contributed by atoms with Crippen LogP contribution in [0.15, 0.2) is 42.7 Å². The topological polar surface area (TPSA) is 49.3 Å². The van der Waals surface area contributed by atoms with Crippen LogP contribution in [0.2, 0.25) is 0 Å².